The molecule has 1 aliphatic carbocycles. The van der Waals surface area contributed by atoms with E-state index in [-0.39, 0.29) is 31.3 Å². The SMILES string of the molecule is CC(C)C1CCC(F)(F)CC1CO. The molecule has 1 rings (SSSR count). The highest BCUT2D eigenvalue weighted by Crippen LogP contribution is 2.42. The first-order chi connectivity index (χ1) is 5.96. The maximum absolute atomic E-state index is 13.0. The number of hydrogen-bond donors (Lipinski definition) is 1. The highest BCUT2D eigenvalue weighted by molar-refractivity contribution is 4.85. The van der Waals surface area contributed by atoms with Crippen molar-refractivity contribution in [1.82, 2.24) is 0 Å². The minimum absolute atomic E-state index is 0.00759. The first-order valence-electron chi connectivity index (χ1n) is 4.95. The van der Waals surface area contributed by atoms with Crippen LogP contribution in [0.5, 0.6) is 0 Å². The van der Waals surface area contributed by atoms with Gasteiger partial charge in [-0.3, -0.25) is 0 Å². The van der Waals surface area contributed by atoms with E-state index in [0.717, 1.165) is 0 Å². The predicted molar refractivity (Wildman–Crippen MR) is 47.7 cm³/mol. The summed E-state index contributed by atoms with van der Waals surface area (Å²) in [4.78, 5) is 0. The summed E-state index contributed by atoms with van der Waals surface area (Å²) in [5.74, 6) is -2.08. The van der Waals surface area contributed by atoms with Gasteiger partial charge >= 0.3 is 0 Å². The van der Waals surface area contributed by atoms with Crippen LogP contribution >= 0.6 is 0 Å². The molecule has 2 atom stereocenters. The standard InChI is InChI=1S/C10H18F2O/c1-7(2)9-3-4-10(11,12)5-8(9)6-13/h7-9,13H,3-6H2,1-2H3. The van der Waals surface area contributed by atoms with Gasteiger partial charge in [0.05, 0.1) is 0 Å². The minimum atomic E-state index is -2.54. The van der Waals surface area contributed by atoms with E-state index >= 15 is 0 Å². The lowest BCUT2D eigenvalue weighted by Crippen LogP contribution is -2.36. The largest absolute Gasteiger partial charge is 0.396 e. The molecule has 78 valence electrons. The van der Waals surface area contributed by atoms with Gasteiger partial charge in [0.25, 0.3) is 0 Å². The number of hydrogen-bond acceptors (Lipinski definition) is 1. The van der Waals surface area contributed by atoms with Gasteiger partial charge < -0.3 is 5.11 Å². The molecule has 0 aliphatic heterocycles. The molecule has 3 heteroatoms. The Hall–Kier alpha value is -0.180. The smallest absolute Gasteiger partial charge is 0.248 e. The fraction of sp³-hybridized carbons (Fsp3) is 1.00. The van der Waals surface area contributed by atoms with Crippen LogP contribution in [0.25, 0.3) is 0 Å². The molecule has 0 aromatic heterocycles. The Bertz CT molecular complexity index is 168. The van der Waals surface area contributed by atoms with Crippen molar-refractivity contribution in [1.29, 1.82) is 0 Å². The zero-order chi connectivity index (χ0) is 10.1. The topological polar surface area (TPSA) is 20.2 Å². The second kappa shape index (κ2) is 3.91. The van der Waals surface area contributed by atoms with Crippen molar-refractivity contribution < 1.29 is 13.9 Å². The van der Waals surface area contributed by atoms with Crippen molar-refractivity contribution in [2.75, 3.05) is 6.61 Å². The van der Waals surface area contributed by atoms with Crippen LogP contribution in [0, 0.1) is 17.8 Å². The van der Waals surface area contributed by atoms with E-state index in [1.807, 2.05) is 13.8 Å². The molecular weight excluding hydrogens is 174 g/mol. The molecule has 0 aromatic carbocycles. The van der Waals surface area contributed by atoms with Crippen LogP contribution < -0.4 is 0 Å². The van der Waals surface area contributed by atoms with Gasteiger partial charge in [-0.2, -0.15) is 0 Å². The van der Waals surface area contributed by atoms with E-state index in [4.69, 9.17) is 5.11 Å². The van der Waals surface area contributed by atoms with Crippen molar-refractivity contribution >= 4 is 0 Å². The van der Waals surface area contributed by atoms with Crippen molar-refractivity contribution in [3.8, 4) is 0 Å². The lowest BCUT2D eigenvalue weighted by atomic mass is 9.72. The molecule has 0 spiro atoms. The average Bonchev–Trinajstić information content (AvgIpc) is 2.01. The van der Waals surface area contributed by atoms with E-state index < -0.39 is 5.92 Å². The Morgan fingerprint density at radius 2 is 2.08 bits per heavy atom. The van der Waals surface area contributed by atoms with E-state index in [1.165, 1.54) is 0 Å². The first kappa shape index (κ1) is 10.9. The van der Waals surface area contributed by atoms with Crippen LogP contribution in [0.3, 0.4) is 0 Å². The van der Waals surface area contributed by atoms with E-state index in [9.17, 15) is 8.78 Å². The van der Waals surface area contributed by atoms with Crippen LogP contribution in [0.4, 0.5) is 8.78 Å². The molecule has 0 amide bonds. The maximum atomic E-state index is 13.0. The third-order valence-corrected chi connectivity index (χ3v) is 3.10. The third-order valence-electron chi connectivity index (χ3n) is 3.10. The number of alkyl halides is 2. The van der Waals surface area contributed by atoms with Gasteiger partial charge in [0.15, 0.2) is 0 Å². The molecule has 0 heterocycles. The summed E-state index contributed by atoms with van der Waals surface area (Å²) in [6, 6.07) is 0. The molecule has 1 nitrogen and oxygen atoms in total. The minimum Gasteiger partial charge on any atom is -0.396 e. The van der Waals surface area contributed by atoms with Crippen molar-refractivity contribution in [2.24, 2.45) is 17.8 Å². The van der Waals surface area contributed by atoms with Gasteiger partial charge in [-0.1, -0.05) is 13.8 Å². The Morgan fingerprint density at radius 1 is 1.46 bits per heavy atom. The summed E-state index contributed by atoms with van der Waals surface area (Å²) >= 11 is 0. The predicted octanol–water partition coefficient (Wildman–Crippen LogP) is 2.69. The average molecular weight is 192 g/mol. The number of halogens is 2. The molecular formula is C10H18F2O. The fourth-order valence-corrected chi connectivity index (χ4v) is 2.33. The Labute approximate surface area is 78.1 Å². The molecule has 1 saturated carbocycles. The van der Waals surface area contributed by atoms with Gasteiger partial charge in [-0.25, -0.2) is 8.78 Å². The highest BCUT2D eigenvalue weighted by Gasteiger charge is 2.41. The molecule has 13 heavy (non-hydrogen) atoms. The van der Waals surface area contributed by atoms with Crippen LogP contribution in [0.2, 0.25) is 0 Å². The Balaban J connectivity index is 2.61. The first-order valence-corrected chi connectivity index (χ1v) is 4.95. The summed E-state index contributed by atoms with van der Waals surface area (Å²) in [5.41, 5.74) is 0. The molecule has 2 unspecified atom stereocenters. The summed E-state index contributed by atoms with van der Waals surface area (Å²) in [5, 5.41) is 9.01. The summed E-state index contributed by atoms with van der Waals surface area (Å²) in [6.07, 6.45) is 0.411. The van der Waals surface area contributed by atoms with E-state index in [0.29, 0.717) is 12.3 Å². The van der Waals surface area contributed by atoms with Crippen molar-refractivity contribution in [2.45, 2.75) is 39.0 Å². The quantitative estimate of drug-likeness (QED) is 0.713. The molecule has 0 aromatic rings. The molecule has 0 saturated heterocycles. The maximum Gasteiger partial charge on any atom is 0.248 e. The normalized spacial score (nSPS) is 33.7. The summed E-state index contributed by atoms with van der Waals surface area (Å²) in [6.45, 7) is 3.98. The lowest BCUT2D eigenvalue weighted by Gasteiger charge is -2.37. The number of aliphatic hydroxyl groups is 1. The Morgan fingerprint density at radius 3 is 2.54 bits per heavy atom. The summed E-state index contributed by atoms with van der Waals surface area (Å²) < 4.78 is 25.9. The Kier molecular flexibility index (Phi) is 3.28. The van der Waals surface area contributed by atoms with E-state index in [2.05, 4.69) is 0 Å². The summed E-state index contributed by atoms with van der Waals surface area (Å²) in [7, 11) is 0. The van der Waals surface area contributed by atoms with E-state index in [1.54, 1.807) is 0 Å². The van der Waals surface area contributed by atoms with Crippen LogP contribution in [0.15, 0.2) is 0 Å². The lowest BCUT2D eigenvalue weighted by molar-refractivity contribution is -0.0856. The van der Waals surface area contributed by atoms with Crippen LogP contribution in [0.1, 0.15) is 33.1 Å². The van der Waals surface area contributed by atoms with Gasteiger partial charge in [0.1, 0.15) is 0 Å². The second-order valence-electron chi connectivity index (χ2n) is 4.45. The van der Waals surface area contributed by atoms with Crippen LogP contribution in [-0.4, -0.2) is 17.6 Å². The number of aliphatic hydroxyl groups excluding tert-OH is 1. The monoisotopic (exact) mass is 192 g/mol. The molecule has 1 aliphatic rings. The highest BCUT2D eigenvalue weighted by atomic mass is 19.3. The number of rotatable bonds is 2. The van der Waals surface area contributed by atoms with Gasteiger partial charge in [0.2, 0.25) is 5.92 Å². The van der Waals surface area contributed by atoms with Crippen molar-refractivity contribution in [3.63, 3.8) is 0 Å². The third kappa shape index (κ3) is 2.63. The van der Waals surface area contributed by atoms with Crippen LogP contribution in [-0.2, 0) is 0 Å². The molecule has 1 N–H and O–H groups in total. The molecule has 0 bridgehead atoms. The second-order valence-corrected chi connectivity index (χ2v) is 4.45. The molecule has 1 fully saturated rings. The van der Waals surface area contributed by atoms with Gasteiger partial charge in [0, 0.05) is 19.4 Å². The fourth-order valence-electron chi connectivity index (χ4n) is 2.33. The zero-order valence-corrected chi connectivity index (χ0v) is 8.26. The van der Waals surface area contributed by atoms with Crippen molar-refractivity contribution in [3.05, 3.63) is 0 Å². The van der Waals surface area contributed by atoms with Gasteiger partial charge in [-0.05, 0) is 24.2 Å². The zero-order valence-electron chi connectivity index (χ0n) is 8.26. The van der Waals surface area contributed by atoms with Gasteiger partial charge in [-0.15, -0.1) is 0 Å². The molecule has 0 radical (unpaired) electrons.